The molecule has 0 spiro atoms. The topological polar surface area (TPSA) is 152 Å². The summed E-state index contributed by atoms with van der Waals surface area (Å²) >= 11 is 0. The predicted molar refractivity (Wildman–Crippen MR) is 205 cm³/mol. The molecule has 0 aromatic rings. The first-order chi connectivity index (χ1) is 21.4. The Morgan fingerprint density at radius 1 is 0.212 bits per heavy atom. The second-order valence-corrected chi connectivity index (χ2v) is 26.3. The van der Waals surface area contributed by atoms with Gasteiger partial charge < -0.3 is 54.2 Å². The summed E-state index contributed by atoms with van der Waals surface area (Å²) in [5.74, 6) is 0. The van der Waals surface area contributed by atoms with E-state index in [4.69, 9.17) is 39.8 Å². The maximum absolute atomic E-state index is 12.6. The van der Waals surface area contributed by atoms with Crippen molar-refractivity contribution >= 4 is 27.1 Å². The summed E-state index contributed by atoms with van der Waals surface area (Å²) in [5.41, 5.74) is -5.21. The molecule has 16 heteroatoms. The summed E-state index contributed by atoms with van der Waals surface area (Å²) in [5, 5.41) is 0. The molecule has 0 radical (unpaired) electrons. The zero-order valence-electron chi connectivity index (χ0n) is 38.2. The smallest absolute Gasteiger partial charge is 0.793 e. The first kappa shape index (κ1) is 60.1. The normalized spacial score (nSPS) is 14.9. The molecule has 0 saturated heterocycles. The van der Waals surface area contributed by atoms with Crippen LogP contribution in [0.3, 0.4) is 0 Å². The molecule has 0 amide bonds. The number of rotatable bonds is 9. The molecule has 12 nitrogen and oxygen atoms in total. The SMILES string of the molecule is CC(C)(C)O[Si]([O-])(OC(C)(C)C)OC(C)(C)C.CC(C)(C)O[Si]([O-])(OC(C)(C)C)OC(C)(C)C.CC(C)(C)O[Si]([O-])(OC(C)(C)C)OC(C)(C)C.[Lu+3]. The maximum Gasteiger partial charge on any atom is 3.00 e. The van der Waals surface area contributed by atoms with Crippen LogP contribution in [-0.2, 0) is 39.8 Å². The summed E-state index contributed by atoms with van der Waals surface area (Å²) in [6.07, 6.45) is 0. The first-order valence-corrected chi connectivity index (χ1v) is 22.7. The predicted octanol–water partition coefficient (Wildman–Crippen LogP) is 6.68. The van der Waals surface area contributed by atoms with Gasteiger partial charge in [0.25, 0.3) is 0 Å². The van der Waals surface area contributed by atoms with Crippen molar-refractivity contribution in [2.75, 3.05) is 0 Å². The largest absolute Gasteiger partial charge is 3.00 e. The molecular weight excluding hydrogens is 884 g/mol. The first-order valence-electron chi connectivity index (χ1n) is 17.8. The fourth-order valence-electron chi connectivity index (χ4n) is 3.56. The van der Waals surface area contributed by atoms with Crippen molar-refractivity contribution in [3.05, 3.63) is 0 Å². The summed E-state index contributed by atoms with van der Waals surface area (Å²) in [6.45, 7) is 49.3. The molecule has 0 aliphatic carbocycles. The molecule has 0 unspecified atom stereocenters. The molecule has 324 valence electrons. The average molecular weight is 965 g/mol. The third-order valence-electron chi connectivity index (χ3n) is 3.88. The molecule has 0 aliphatic rings. The van der Waals surface area contributed by atoms with Gasteiger partial charge in [0, 0.05) is 0 Å². The van der Waals surface area contributed by atoms with Crippen LogP contribution >= 0.6 is 0 Å². The Labute approximate surface area is 353 Å². The second kappa shape index (κ2) is 20.4. The molecule has 0 aromatic heterocycles. The number of hydrogen-bond acceptors (Lipinski definition) is 12. The summed E-state index contributed by atoms with van der Waals surface area (Å²) in [7, 11) is -11.7. The van der Waals surface area contributed by atoms with E-state index in [2.05, 4.69) is 0 Å². The Morgan fingerprint density at radius 2 is 0.269 bits per heavy atom. The summed E-state index contributed by atoms with van der Waals surface area (Å²) in [6, 6.07) is 0. The Kier molecular flexibility index (Phi) is 23.6. The van der Waals surface area contributed by atoms with Crippen molar-refractivity contribution in [2.45, 2.75) is 237 Å². The third kappa shape index (κ3) is 42.5. The molecule has 0 heterocycles. The fourth-order valence-corrected chi connectivity index (χ4v) is 10.7. The van der Waals surface area contributed by atoms with Crippen LogP contribution in [0.5, 0.6) is 0 Å². The summed E-state index contributed by atoms with van der Waals surface area (Å²) < 4.78 is 49.6. The average Bonchev–Trinajstić information content (AvgIpc) is 2.51. The molecule has 0 N–H and O–H groups in total. The molecule has 0 saturated carbocycles. The fraction of sp³-hybridized carbons (Fsp3) is 1.00. The van der Waals surface area contributed by atoms with Gasteiger partial charge in [-0.15, -0.1) is 0 Å². The van der Waals surface area contributed by atoms with Crippen LogP contribution < -0.4 is 14.4 Å². The molecule has 52 heavy (non-hydrogen) atoms. The van der Waals surface area contributed by atoms with Gasteiger partial charge in [0.05, 0.1) is 50.4 Å². The van der Waals surface area contributed by atoms with Crippen LogP contribution in [0.1, 0.15) is 187 Å². The molecule has 0 bridgehead atoms. The number of hydrogen-bond donors (Lipinski definition) is 0. The van der Waals surface area contributed by atoms with E-state index in [1.54, 1.807) is 0 Å². The van der Waals surface area contributed by atoms with Gasteiger partial charge in [0.2, 0.25) is 0 Å². The molecule has 0 aromatic carbocycles. The van der Waals surface area contributed by atoms with Crippen LogP contribution in [0.15, 0.2) is 0 Å². The molecule has 0 atom stereocenters. The van der Waals surface area contributed by atoms with Crippen LogP contribution in [0, 0.1) is 36.9 Å². The van der Waals surface area contributed by atoms with Gasteiger partial charge in [-0.1, -0.05) is 0 Å². The molecule has 0 aliphatic heterocycles. The van der Waals surface area contributed by atoms with Crippen molar-refractivity contribution in [1.82, 2.24) is 0 Å². The molecular formula is C36H81LuO12Si3. The zero-order valence-corrected chi connectivity index (χ0v) is 42.8. The van der Waals surface area contributed by atoms with E-state index in [-0.39, 0.29) is 36.9 Å². The Hall–Kier alpha value is 1.40. The zero-order chi connectivity index (χ0) is 42.4. The van der Waals surface area contributed by atoms with E-state index >= 15 is 0 Å². The van der Waals surface area contributed by atoms with E-state index in [9.17, 15) is 14.4 Å². The standard InChI is InChI=1S/3C12H27O4Si.Lu/c3*1-10(2,3)14-17(13,15-11(4,5)6)16-12(7,8)9;/h3*1-9H3;/q3*-1;+3. The van der Waals surface area contributed by atoms with Crippen molar-refractivity contribution < 1.29 is 91.1 Å². The van der Waals surface area contributed by atoms with E-state index in [1.165, 1.54) is 0 Å². The summed E-state index contributed by atoms with van der Waals surface area (Å²) in [4.78, 5) is 37.9. The Bertz CT molecular complexity index is 747. The Balaban J connectivity index is -0.000000329. The van der Waals surface area contributed by atoms with Gasteiger partial charge in [-0.3, -0.25) is 0 Å². The van der Waals surface area contributed by atoms with E-state index in [1.807, 2.05) is 187 Å². The van der Waals surface area contributed by atoms with Crippen molar-refractivity contribution in [1.29, 1.82) is 0 Å². The second-order valence-electron chi connectivity index (χ2n) is 21.4. The molecule has 0 fully saturated rings. The van der Waals surface area contributed by atoms with Gasteiger partial charge in [0.1, 0.15) is 0 Å². The Morgan fingerprint density at radius 3 is 0.308 bits per heavy atom. The van der Waals surface area contributed by atoms with Crippen LogP contribution in [-0.4, -0.2) is 77.6 Å². The monoisotopic (exact) mass is 964 g/mol. The van der Waals surface area contributed by atoms with E-state index in [0.29, 0.717) is 0 Å². The van der Waals surface area contributed by atoms with Gasteiger partial charge >= 0.3 is 64.0 Å². The van der Waals surface area contributed by atoms with E-state index in [0.717, 1.165) is 0 Å². The van der Waals surface area contributed by atoms with Crippen LogP contribution in [0.4, 0.5) is 0 Å². The molecule has 0 rings (SSSR count). The quantitative estimate of drug-likeness (QED) is 0.227. The maximum atomic E-state index is 12.6. The van der Waals surface area contributed by atoms with E-state index < -0.39 is 77.6 Å². The third-order valence-corrected chi connectivity index (χ3v) is 11.6. The minimum Gasteiger partial charge on any atom is -0.793 e. The van der Waals surface area contributed by atoms with Crippen molar-refractivity contribution in [3.8, 4) is 0 Å². The van der Waals surface area contributed by atoms with Crippen LogP contribution in [0.2, 0.25) is 0 Å². The van der Waals surface area contributed by atoms with Gasteiger partial charge in [0.15, 0.2) is 0 Å². The van der Waals surface area contributed by atoms with Gasteiger partial charge in [-0.05, 0) is 187 Å². The van der Waals surface area contributed by atoms with Crippen molar-refractivity contribution in [3.63, 3.8) is 0 Å². The van der Waals surface area contributed by atoms with Gasteiger partial charge in [-0.25, -0.2) is 0 Å². The minimum atomic E-state index is -3.91. The minimum absolute atomic E-state index is 0. The van der Waals surface area contributed by atoms with Gasteiger partial charge in [-0.2, -0.15) is 0 Å². The van der Waals surface area contributed by atoms with Crippen LogP contribution in [0.25, 0.3) is 0 Å². The van der Waals surface area contributed by atoms with Crippen molar-refractivity contribution in [2.24, 2.45) is 0 Å².